The molecule has 124 valence electrons. The molecule has 0 spiro atoms. The second-order valence-electron chi connectivity index (χ2n) is 5.76. The number of carbonyl (C=O) groups is 1. The summed E-state index contributed by atoms with van der Waals surface area (Å²) in [5.74, 6) is -0.327. The van der Waals surface area contributed by atoms with Gasteiger partial charge in [0.15, 0.2) is 9.84 Å². The molecule has 0 radical (unpaired) electrons. The normalized spacial score (nSPS) is 13.0. The molecule has 2 aromatic rings. The molecule has 23 heavy (non-hydrogen) atoms. The van der Waals surface area contributed by atoms with Crippen molar-refractivity contribution in [2.45, 2.75) is 30.9 Å². The van der Waals surface area contributed by atoms with E-state index >= 15 is 0 Å². The van der Waals surface area contributed by atoms with Crippen LogP contribution in [0.15, 0.2) is 46.7 Å². The summed E-state index contributed by atoms with van der Waals surface area (Å²) in [6, 6.07) is 10.4. The highest BCUT2D eigenvalue weighted by atomic mass is 32.2. The molecule has 1 N–H and O–H groups in total. The minimum absolute atomic E-state index is 0.0771. The largest absolute Gasteiger partial charge is 0.354 e. The van der Waals surface area contributed by atoms with Crippen molar-refractivity contribution in [3.8, 4) is 0 Å². The average molecular weight is 351 g/mol. The number of sulfone groups is 1. The lowest BCUT2D eigenvalue weighted by molar-refractivity contribution is -0.123. The van der Waals surface area contributed by atoms with Crippen molar-refractivity contribution in [2.75, 3.05) is 6.54 Å². The third kappa shape index (κ3) is 4.20. The molecule has 1 amide bonds. The summed E-state index contributed by atoms with van der Waals surface area (Å²) in [6.07, 6.45) is 0. The molecule has 0 saturated carbocycles. The molecule has 0 aliphatic heterocycles. The Hall–Kier alpha value is -1.66. The molecule has 6 heteroatoms. The molecule has 0 fully saturated rings. The van der Waals surface area contributed by atoms with Crippen molar-refractivity contribution in [2.24, 2.45) is 5.92 Å². The fourth-order valence-electron chi connectivity index (χ4n) is 2.13. The van der Waals surface area contributed by atoms with Crippen LogP contribution >= 0.6 is 11.3 Å². The van der Waals surface area contributed by atoms with Gasteiger partial charge in [0.25, 0.3) is 0 Å². The monoisotopic (exact) mass is 351 g/mol. The van der Waals surface area contributed by atoms with Gasteiger partial charge in [0.1, 0.15) is 5.25 Å². The van der Waals surface area contributed by atoms with E-state index in [0.29, 0.717) is 0 Å². The van der Waals surface area contributed by atoms with E-state index in [1.807, 2.05) is 18.4 Å². The minimum Gasteiger partial charge on any atom is -0.354 e. The molecule has 4 nitrogen and oxygen atoms in total. The summed E-state index contributed by atoms with van der Waals surface area (Å²) in [5.41, 5.74) is 1.00. The van der Waals surface area contributed by atoms with Crippen LogP contribution in [0, 0.1) is 12.8 Å². The summed E-state index contributed by atoms with van der Waals surface area (Å²) in [6.45, 7) is 5.55. The van der Waals surface area contributed by atoms with Crippen LogP contribution in [-0.2, 0) is 14.6 Å². The van der Waals surface area contributed by atoms with Crippen LogP contribution in [0.1, 0.15) is 29.5 Å². The number of hydrogen-bond donors (Lipinski definition) is 1. The molecule has 1 atom stereocenters. The third-order valence-corrected chi connectivity index (χ3v) is 6.80. The second kappa shape index (κ2) is 7.27. The Morgan fingerprint density at radius 3 is 2.35 bits per heavy atom. The Labute approximate surface area is 141 Å². The lowest BCUT2D eigenvalue weighted by Gasteiger charge is -2.18. The summed E-state index contributed by atoms with van der Waals surface area (Å²) < 4.78 is 26.0. The van der Waals surface area contributed by atoms with E-state index in [0.717, 1.165) is 10.4 Å². The van der Waals surface area contributed by atoms with Gasteiger partial charge in [-0.2, -0.15) is 0 Å². The van der Waals surface area contributed by atoms with Gasteiger partial charge in [0.05, 0.1) is 4.90 Å². The first-order valence-electron chi connectivity index (χ1n) is 7.44. The van der Waals surface area contributed by atoms with Gasteiger partial charge in [-0.05, 0) is 30.5 Å². The predicted octanol–water partition coefficient (Wildman–Crippen LogP) is 3.34. The second-order valence-corrected chi connectivity index (χ2v) is 8.87. The van der Waals surface area contributed by atoms with Crippen LogP contribution < -0.4 is 5.32 Å². The molecule has 0 aliphatic rings. The molecule has 1 aromatic heterocycles. The number of aryl methyl sites for hydroxylation is 1. The van der Waals surface area contributed by atoms with E-state index in [1.165, 1.54) is 11.3 Å². The van der Waals surface area contributed by atoms with Crippen molar-refractivity contribution in [3.05, 3.63) is 52.2 Å². The summed E-state index contributed by atoms with van der Waals surface area (Å²) >= 11 is 1.39. The highest BCUT2D eigenvalue weighted by Crippen LogP contribution is 2.31. The quantitative estimate of drug-likeness (QED) is 0.868. The Morgan fingerprint density at radius 1 is 1.17 bits per heavy atom. The average Bonchev–Trinajstić information content (AvgIpc) is 3.01. The summed E-state index contributed by atoms with van der Waals surface area (Å²) in [4.78, 5) is 12.8. The number of nitrogens with one attached hydrogen (secondary N) is 1. The lowest BCUT2D eigenvalue weighted by atomic mass is 10.2. The van der Waals surface area contributed by atoms with Crippen LogP contribution in [0.5, 0.6) is 0 Å². The number of benzene rings is 1. The number of rotatable bonds is 6. The number of amides is 1. The Kier molecular flexibility index (Phi) is 5.59. The Bertz CT molecular complexity index is 748. The Morgan fingerprint density at radius 2 is 1.83 bits per heavy atom. The maximum absolute atomic E-state index is 13.0. The molecule has 1 heterocycles. The van der Waals surface area contributed by atoms with E-state index in [2.05, 4.69) is 5.32 Å². The smallest absolute Gasteiger partial charge is 0.222 e. The predicted molar refractivity (Wildman–Crippen MR) is 93.3 cm³/mol. The molecule has 1 aromatic carbocycles. The fraction of sp³-hybridized carbons (Fsp3) is 0.353. The van der Waals surface area contributed by atoms with E-state index in [-0.39, 0.29) is 23.3 Å². The van der Waals surface area contributed by atoms with Gasteiger partial charge in [0, 0.05) is 17.3 Å². The molecular weight excluding hydrogens is 330 g/mol. The topological polar surface area (TPSA) is 63.2 Å². The first-order chi connectivity index (χ1) is 10.8. The van der Waals surface area contributed by atoms with Crippen molar-refractivity contribution < 1.29 is 13.2 Å². The van der Waals surface area contributed by atoms with Crippen LogP contribution in [-0.4, -0.2) is 20.9 Å². The SMILES string of the molecule is Cc1ccc(S(=O)(=O)[C@H](CNC(=O)C(C)C)c2cccs2)cc1. The number of carbonyl (C=O) groups excluding carboxylic acids is 1. The van der Waals surface area contributed by atoms with Gasteiger partial charge in [-0.1, -0.05) is 37.6 Å². The zero-order valence-electron chi connectivity index (χ0n) is 13.4. The Balaban J connectivity index is 2.33. The summed E-state index contributed by atoms with van der Waals surface area (Å²) in [5, 5.41) is 3.82. The van der Waals surface area contributed by atoms with Crippen LogP contribution in [0.25, 0.3) is 0 Å². The van der Waals surface area contributed by atoms with Crippen molar-refractivity contribution in [3.63, 3.8) is 0 Å². The van der Waals surface area contributed by atoms with Crippen LogP contribution in [0.2, 0.25) is 0 Å². The standard InChI is InChI=1S/C17H21NO3S2/c1-12(2)17(19)18-11-16(15-5-4-10-22-15)23(20,21)14-8-6-13(3)7-9-14/h4-10,12,16H,11H2,1-3H3,(H,18,19)/t16-/m1/s1. The fourth-order valence-corrected chi connectivity index (χ4v) is 4.91. The third-order valence-electron chi connectivity index (χ3n) is 3.57. The van der Waals surface area contributed by atoms with Gasteiger partial charge in [-0.15, -0.1) is 11.3 Å². The highest BCUT2D eigenvalue weighted by Gasteiger charge is 2.30. The van der Waals surface area contributed by atoms with E-state index < -0.39 is 15.1 Å². The van der Waals surface area contributed by atoms with E-state index in [4.69, 9.17) is 0 Å². The maximum atomic E-state index is 13.0. The lowest BCUT2D eigenvalue weighted by Crippen LogP contribution is -2.34. The van der Waals surface area contributed by atoms with Gasteiger partial charge in [0.2, 0.25) is 5.91 Å². The molecule has 0 saturated heterocycles. The molecule has 0 bridgehead atoms. The van der Waals surface area contributed by atoms with E-state index in [1.54, 1.807) is 44.2 Å². The molecular formula is C17H21NO3S2. The van der Waals surface area contributed by atoms with Crippen molar-refractivity contribution in [1.82, 2.24) is 5.32 Å². The van der Waals surface area contributed by atoms with Crippen molar-refractivity contribution >= 4 is 27.1 Å². The molecule has 2 rings (SSSR count). The van der Waals surface area contributed by atoms with Gasteiger partial charge >= 0.3 is 0 Å². The molecule has 0 unspecified atom stereocenters. The first kappa shape index (κ1) is 17.7. The van der Waals surface area contributed by atoms with Crippen molar-refractivity contribution in [1.29, 1.82) is 0 Å². The number of thiophene rings is 1. The maximum Gasteiger partial charge on any atom is 0.222 e. The first-order valence-corrected chi connectivity index (χ1v) is 9.86. The van der Waals surface area contributed by atoms with Gasteiger partial charge in [-0.25, -0.2) is 8.42 Å². The summed E-state index contributed by atoms with van der Waals surface area (Å²) in [7, 11) is -3.57. The van der Waals surface area contributed by atoms with Crippen LogP contribution in [0.4, 0.5) is 0 Å². The van der Waals surface area contributed by atoms with E-state index in [9.17, 15) is 13.2 Å². The highest BCUT2D eigenvalue weighted by molar-refractivity contribution is 7.91. The van der Waals surface area contributed by atoms with Gasteiger partial charge < -0.3 is 5.32 Å². The molecule has 0 aliphatic carbocycles. The van der Waals surface area contributed by atoms with Crippen LogP contribution in [0.3, 0.4) is 0 Å². The van der Waals surface area contributed by atoms with Gasteiger partial charge in [-0.3, -0.25) is 4.79 Å². The zero-order chi connectivity index (χ0) is 17.0. The zero-order valence-corrected chi connectivity index (χ0v) is 15.1. The number of hydrogen-bond acceptors (Lipinski definition) is 4. The minimum atomic E-state index is -3.57.